The van der Waals surface area contributed by atoms with Gasteiger partial charge in [0.15, 0.2) is 0 Å². The van der Waals surface area contributed by atoms with Crippen LogP contribution >= 0.6 is 0 Å². The van der Waals surface area contributed by atoms with Gasteiger partial charge in [-0.2, -0.15) is 0 Å². The molecule has 0 heterocycles. The second kappa shape index (κ2) is 29.6. The summed E-state index contributed by atoms with van der Waals surface area (Å²) in [5.41, 5.74) is 26.8. The largest absolute Gasteiger partial charge is 0.359 e. The van der Waals surface area contributed by atoms with E-state index in [1.165, 1.54) is 150 Å². The SMILES string of the molecule is COCOC12CCC(C)(CC1)c1ccc(cc1)-c1ccc(cc1)C1(OCOC)CCC(OCOC)(CC1)c1ccc(cc1)-c1ccc(cc1)-c1ccc(cc1)C1(C)CCC(C)(CC1)c1ccc(cc1)-c1ccc(cc1)C1(C)CCC(C)(CC1)c1ccc(cc1)-c1ccc(cc1)-c1ccc(cc1)-c1ccc2cc1. The number of rotatable bonds is 9. The average molecular weight is 1420 g/mol. The standard InChI is InChI=1S/C101H106O6/c1-94-53-57-96(3,58-54-94)88-41-25-80(26-42-88)81-27-43-89(44-28-81)97(4)59-55-95(2,56-60-97)87-39-23-79(24-40-87)75-17-19-77(20-18-75)84-33-49-92(50-34-84)100(106-70-103-7)65-67-101(68-66-100,107-71-104-8)93-51-35-85(36-52-93)82-29-45-90(46-30-82)98(5)61-63-99(64-62-98,105-69-102-6)91-47-31-83(32-48-91)76-15-11-73(12-16-76)72-9-13-74(14-10-72)78-21-37-86(94)38-22-78/h9-52H,53-71H2,1-8H3. The second-order valence-electron chi connectivity index (χ2n) is 33.8. The summed E-state index contributed by atoms with van der Waals surface area (Å²) in [5, 5.41) is 0. The quantitative estimate of drug-likeness (QED) is 0.134. The molecule has 0 amide bonds. The molecule has 0 aromatic heterocycles. The summed E-state index contributed by atoms with van der Waals surface area (Å²) in [5.74, 6) is 0. The van der Waals surface area contributed by atoms with Crippen LogP contribution in [0.1, 0.15) is 182 Å². The molecule has 0 unspecified atom stereocenters. The van der Waals surface area contributed by atoms with Crippen molar-refractivity contribution in [3.05, 3.63) is 311 Å². The van der Waals surface area contributed by atoms with Gasteiger partial charge < -0.3 is 28.4 Å². The van der Waals surface area contributed by atoms with Crippen LogP contribution in [0.5, 0.6) is 0 Å². The van der Waals surface area contributed by atoms with E-state index in [0.29, 0.717) is 0 Å². The van der Waals surface area contributed by atoms with Gasteiger partial charge in [0.05, 0.1) is 16.8 Å². The highest BCUT2D eigenvalue weighted by Gasteiger charge is 2.48. The maximum Gasteiger partial charge on any atom is 0.147 e. The van der Waals surface area contributed by atoms with Gasteiger partial charge in [-0.3, -0.25) is 0 Å². The van der Waals surface area contributed by atoms with Gasteiger partial charge in [0, 0.05) is 21.3 Å². The minimum Gasteiger partial charge on any atom is -0.359 e. The molecule has 0 N–H and O–H groups in total. The summed E-state index contributed by atoms with van der Waals surface area (Å²) >= 11 is 0. The van der Waals surface area contributed by atoms with E-state index >= 15 is 0 Å². The first-order chi connectivity index (χ1) is 51.9. The topological polar surface area (TPSA) is 55.4 Å². The molecule has 46 rings (SSSR count). The third-order valence-electron chi connectivity index (χ3n) is 27.4. The smallest absolute Gasteiger partial charge is 0.147 e. The van der Waals surface area contributed by atoms with E-state index < -0.39 is 16.8 Å². The van der Waals surface area contributed by atoms with Crippen molar-refractivity contribution in [1.82, 2.24) is 0 Å². The highest BCUT2D eigenvalue weighted by molar-refractivity contribution is 5.75. The van der Waals surface area contributed by atoms with Crippen molar-refractivity contribution >= 4 is 0 Å². The van der Waals surface area contributed by atoms with Crippen LogP contribution in [0.25, 0.3) is 77.9 Å². The predicted molar refractivity (Wildman–Crippen MR) is 438 cm³/mol. The molecule has 546 valence electrons. The summed E-state index contributed by atoms with van der Waals surface area (Å²) in [6, 6.07) is 102. The summed E-state index contributed by atoms with van der Waals surface area (Å²) < 4.78 is 37.2. The van der Waals surface area contributed by atoms with Crippen molar-refractivity contribution in [2.24, 2.45) is 0 Å². The van der Waals surface area contributed by atoms with Crippen LogP contribution in [0, 0.1) is 0 Å². The van der Waals surface area contributed by atoms with Gasteiger partial charge in [-0.15, -0.1) is 0 Å². The van der Waals surface area contributed by atoms with Gasteiger partial charge in [0.25, 0.3) is 0 Å². The van der Waals surface area contributed by atoms with Crippen LogP contribution in [-0.2, 0) is 72.3 Å². The lowest BCUT2D eigenvalue weighted by atomic mass is 9.60. The van der Waals surface area contributed by atoms with Gasteiger partial charge in [0.2, 0.25) is 0 Å². The van der Waals surface area contributed by atoms with Crippen LogP contribution < -0.4 is 0 Å². The molecule has 0 atom stereocenters. The van der Waals surface area contributed by atoms with E-state index in [1.54, 1.807) is 21.3 Å². The zero-order valence-electron chi connectivity index (χ0n) is 64.3. The van der Waals surface area contributed by atoms with Gasteiger partial charge in [-0.05, 0) is 252 Å². The Morgan fingerprint density at radius 2 is 0.280 bits per heavy atom. The lowest BCUT2D eigenvalue weighted by molar-refractivity contribution is -0.203. The van der Waals surface area contributed by atoms with Gasteiger partial charge in [0.1, 0.15) is 20.4 Å². The lowest BCUT2D eigenvalue weighted by Crippen LogP contribution is -2.43. The molecule has 0 radical (unpaired) electrons. The van der Waals surface area contributed by atoms with Crippen molar-refractivity contribution in [2.75, 3.05) is 41.7 Å². The number of ether oxygens (including phenoxy) is 6. The zero-order valence-corrected chi connectivity index (χ0v) is 64.3. The Morgan fingerprint density at radius 1 is 0.168 bits per heavy atom. The van der Waals surface area contributed by atoms with Gasteiger partial charge in [-0.25, -0.2) is 0 Å². The molecular weight excluding hydrogens is 1310 g/mol. The van der Waals surface area contributed by atoms with E-state index in [-0.39, 0.29) is 47.5 Å². The number of hydrogen-bond acceptors (Lipinski definition) is 6. The Hall–Kier alpha value is -8.82. The molecule has 107 heavy (non-hydrogen) atoms. The molecule has 0 aliphatic heterocycles. The minimum atomic E-state index is -0.546. The van der Waals surface area contributed by atoms with E-state index in [4.69, 9.17) is 28.4 Å². The molecule has 0 spiro atoms. The fourth-order valence-electron chi connectivity index (χ4n) is 19.3. The van der Waals surface area contributed by atoms with Crippen LogP contribution in [0.4, 0.5) is 0 Å². The Bertz CT molecular complexity index is 4790. The maximum absolute atomic E-state index is 6.78. The number of hydrogen-bond donors (Lipinski definition) is 0. The lowest BCUT2D eigenvalue weighted by Gasteiger charge is -2.46. The van der Waals surface area contributed by atoms with Crippen LogP contribution in [0.3, 0.4) is 0 Å². The molecule has 30 bridgehead atoms. The fraction of sp³-hybridized carbons (Fsp3) is 0.347. The first-order valence-electron chi connectivity index (χ1n) is 39.5. The normalized spacial score (nSPS) is 26.2. The monoisotopic (exact) mass is 1410 g/mol. The third-order valence-corrected chi connectivity index (χ3v) is 27.4. The highest BCUT2D eigenvalue weighted by Crippen LogP contribution is 2.55. The molecule has 11 aromatic carbocycles. The Morgan fingerprint density at radius 3 is 0.421 bits per heavy atom. The molecule has 11 aromatic rings. The minimum absolute atomic E-state index is 0.00505. The third kappa shape index (κ3) is 14.3. The van der Waals surface area contributed by atoms with Crippen LogP contribution in [0.2, 0.25) is 0 Å². The summed E-state index contributed by atoms with van der Waals surface area (Å²) in [6.45, 7) is 13.1. The van der Waals surface area contributed by atoms with E-state index in [1.807, 2.05) is 0 Å². The second-order valence-corrected chi connectivity index (χ2v) is 33.8. The Kier molecular flexibility index (Phi) is 20.0. The maximum atomic E-state index is 6.78. The number of methoxy groups -OCH3 is 3. The first kappa shape index (κ1) is 72.4. The zero-order chi connectivity index (χ0) is 73.5. The first-order valence-corrected chi connectivity index (χ1v) is 39.5. The molecule has 4 fully saturated rings. The van der Waals surface area contributed by atoms with Gasteiger partial charge >= 0.3 is 0 Å². The van der Waals surface area contributed by atoms with E-state index in [9.17, 15) is 0 Å². The Labute approximate surface area is 636 Å². The summed E-state index contributed by atoms with van der Waals surface area (Å²) in [4.78, 5) is 0. The molecule has 6 heteroatoms. The molecule has 0 saturated heterocycles. The van der Waals surface area contributed by atoms with Crippen LogP contribution in [0.15, 0.2) is 267 Å². The molecule has 35 aliphatic carbocycles. The molecule has 35 aliphatic rings. The predicted octanol–water partition coefficient (Wildman–Crippen LogP) is 25.5. The average Bonchev–Trinajstić information content (AvgIpc) is 0.734. The highest BCUT2D eigenvalue weighted by atomic mass is 16.7. The van der Waals surface area contributed by atoms with E-state index in [2.05, 4.69) is 302 Å². The molecule has 6 nitrogen and oxygen atoms in total. The van der Waals surface area contributed by atoms with E-state index in [0.717, 1.165) is 75.3 Å². The van der Waals surface area contributed by atoms with Crippen molar-refractivity contribution in [3.63, 3.8) is 0 Å². The number of benzene rings is 11. The molecule has 4 saturated carbocycles. The van der Waals surface area contributed by atoms with Gasteiger partial charge in [-0.1, -0.05) is 302 Å². The molecular formula is C101H106O6. The van der Waals surface area contributed by atoms with Crippen LogP contribution in [-0.4, -0.2) is 41.7 Å². The van der Waals surface area contributed by atoms with Crippen molar-refractivity contribution in [3.8, 4) is 77.9 Å². The summed E-state index contributed by atoms with van der Waals surface area (Å²) in [7, 11) is 5.13. The van der Waals surface area contributed by atoms with Crippen molar-refractivity contribution in [1.29, 1.82) is 0 Å². The summed E-state index contributed by atoms with van der Waals surface area (Å²) in [6.07, 6.45) is 16.1. The van der Waals surface area contributed by atoms with Crippen molar-refractivity contribution < 1.29 is 28.4 Å². The Balaban J connectivity index is 0.643. The fourth-order valence-corrected chi connectivity index (χ4v) is 19.3. The van der Waals surface area contributed by atoms with Crippen molar-refractivity contribution in [2.45, 2.75) is 181 Å².